The number of amides is 1. The van der Waals surface area contributed by atoms with Crippen molar-refractivity contribution in [2.24, 2.45) is 0 Å². The lowest BCUT2D eigenvalue weighted by molar-refractivity contribution is 0.0939. The Morgan fingerprint density at radius 1 is 1.20 bits per heavy atom. The molecule has 1 unspecified atom stereocenters. The number of benzene rings is 2. The number of hydrogen-bond donors (Lipinski definition) is 2. The van der Waals surface area contributed by atoms with Crippen molar-refractivity contribution in [1.29, 1.82) is 0 Å². The van der Waals surface area contributed by atoms with Crippen LogP contribution < -0.4 is 10.0 Å². The molecule has 2 aromatic carbocycles. The standard InChI is InChI=1S/C18H21ClN2O3S/c1-4-13(3)20-18(22)14-8-9-16(19)17(11-14)25(23,24)21-15-7-5-6-12(2)10-15/h5-11,13,21H,4H2,1-3H3,(H,20,22). The van der Waals surface area contributed by atoms with E-state index in [1.54, 1.807) is 18.2 Å². The summed E-state index contributed by atoms with van der Waals surface area (Å²) in [6.07, 6.45) is 0.777. The van der Waals surface area contributed by atoms with Crippen LogP contribution in [0.25, 0.3) is 0 Å². The fraction of sp³-hybridized carbons (Fsp3) is 0.278. The highest BCUT2D eigenvalue weighted by Crippen LogP contribution is 2.25. The highest BCUT2D eigenvalue weighted by atomic mass is 35.5. The summed E-state index contributed by atoms with van der Waals surface area (Å²) in [4.78, 5) is 12.1. The monoisotopic (exact) mass is 380 g/mol. The van der Waals surface area contributed by atoms with Crippen molar-refractivity contribution in [2.45, 2.75) is 38.1 Å². The third-order valence-electron chi connectivity index (χ3n) is 3.74. The topological polar surface area (TPSA) is 75.3 Å². The Morgan fingerprint density at radius 3 is 2.56 bits per heavy atom. The van der Waals surface area contributed by atoms with E-state index in [4.69, 9.17) is 11.6 Å². The largest absolute Gasteiger partial charge is 0.350 e. The highest BCUT2D eigenvalue weighted by Gasteiger charge is 2.21. The first-order valence-corrected chi connectivity index (χ1v) is 9.79. The Bertz CT molecular complexity index is 882. The van der Waals surface area contributed by atoms with Crippen LogP contribution in [0.3, 0.4) is 0 Å². The molecule has 0 aliphatic carbocycles. The quantitative estimate of drug-likeness (QED) is 0.795. The van der Waals surface area contributed by atoms with E-state index in [1.165, 1.54) is 18.2 Å². The van der Waals surface area contributed by atoms with Crippen LogP contribution in [0.15, 0.2) is 47.4 Å². The van der Waals surface area contributed by atoms with Crippen molar-refractivity contribution in [3.8, 4) is 0 Å². The first kappa shape index (κ1) is 19.3. The van der Waals surface area contributed by atoms with Crippen molar-refractivity contribution < 1.29 is 13.2 Å². The maximum Gasteiger partial charge on any atom is 0.263 e. The maximum absolute atomic E-state index is 12.7. The molecule has 1 atom stereocenters. The second kappa shape index (κ2) is 7.89. The number of aryl methyl sites for hydroxylation is 1. The summed E-state index contributed by atoms with van der Waals surface area (Å²) in [6.45, 7) is 5.70. The third kappa shape index (κ3) is 4.96. The number of sulfonamides is 1. The minimum absolute atomic E-state index is 0.00588. The molecule has 0 aliphatic rings. The van der Waals surface area contributed by atoms with Crippen molar-refractivity contribution in [1.82, 2.24) is 5.32 Å². The first-order valence-electron chi connectivity index (χ1n) is 7.93. The number of carbonyl (C=O) groups is 1. The molecule has 2 N–H and O–H groups in total. The zero-order chi connectivity index (χ0) is 18.6. The molecule has 134 valence electrons. The lowest BCUT2D eigenvalue weighted by atomic mass is 10.2. The van der Waals surface area contributed by atoms with Crippen molar-refractivity contribution in [3.05, 3.63) is 58.6 Å². The molecule has 0 spiro atoms. The fourth-order valence-electron chi connectivity index (χ4n) is 2.18. The van der Waals surface area contributed by atoms with E-state index in [1.807, 2.05) is 26.8 Å². The van der Waals surface area contributed by atoms with E-state index in [2.05, 4.69) is 10.0 Å². The van der Waals surface area contributed by atoms with Crippen molar-refractivity contribution in [3.63, 3.8) is 0 Å². The van der Waals surface area contributed by atoms with Gasteiger partial charge in [0, 0.05) is 17.3 Å². The lowest BCUT2D eigenvalue weighted by Crippen LogP contribution is -2.32. The van der Waals surface area contributed by atoms with Gasteiger partial charge in [-0.2, -0.15) is 0 Å². The second-order valence-corrected chi connectivity index (χ2v) is 7.96. The Hall–Kier alpha value is -2.05. The van der Waals surface area contributed by atoms with E-state index in [0.717, 1.165) is 12.0 Å². The summed E-state index contributed by atoms with van der Waals surface area (Å²) in [5.74, 6) is -0.335. The van der Waals surface area contributed by atoms with Gasteiger partial charge >= 0.3 is 0 Å². The average Bonchev–Trinajstić information content (AvgIpc) is 2.54. The van der Waals surface area contributed by atoms with Crippen LogP contribution >= 0.6 is 11.6 Å². The molecular formula is C18H21ClN2O3S. The molecule has 0 aliphatic heterocycles. The van der Waals surface area contributed by atoms with Crippen molar-refractivity contribution >= 4 is 33.2 Å². The van der Waals surface area contributed by atoms with E-state index < -0.39 is 10.0 Å². The van der Waals surface area contributed by atoms with Crippen molar-refractivity contribution in [2.75, 3.05) is 4.72 Å². The summed E-state index contributed by atoms with van der Waals surface area (Å²) in [7, 11) is -3.91. The number of rotatable bonds is 6. The molecule has 0 radical (unpaired) electrons. The average molecular weight is 381 g/mol. The molecule has 25 heavy (non-hydrogen) atoms. The SMILES string of the molecule is CCC(C)NC(=O)c1ccc(Cl)c(S(=O)(=O)Nc2cccc(C)c2)c1. The van der Waals surface area contributed by atoms with E-state index in [0.29, 0.717) is 5.69 Å². The molecule has 0 fully saturated rings. The van der Waals surface area contributed by atoms with Gasteiger partial charge < -0.3 is 5.32 Å². The Kier molecular flexibility index (Phi) is 6.08. The van der Waals surface area contributed by atoms with E-state index in [-0.39, 0.29) is 27.4 Å². The zero-order valence-corrected chi connectivity index (χ0v) is 15.9. The van der Waals surface area contributed by atoms with Gasteiger partial charge in [-0.15, -0.1) is 0 Å². The van der Waals surface area contributed by atoms with Gasteiger partial charge in [0.05, 0.1) is 5.02 Å². The van der Waals surface area contributed by atoms with Crippen LogP contribution in [0.4, 0.5) is 5.69 Å². The molecule has 5 nitrogen and oxygen atoms in total. The maximum atomic E-state index is 12.7. The molecule has 2 aromatic rings. The molecule has 1 amide bonds. The van der Waals surface area contributed by atoms with Gasteiger partial charge in [-0.1, -0.05) is 30.7 Å². The Labute approximate surface area is 153 Å². The second-order valence-electron chi connectivity index (χ2n) is 5.90. The van der Waals surface area contributed by atoms with Crippen LogP contribution in [0.1, 0.15) is 36.2 Å². The minimum atomic E-state index is -3.91. The lowest BCUT2D eigenvalue weighted by Gasteiger charge is -2.14. The summed E-state index contributed by atoms with van der Waals surface area (Å²) in [5.41, 5.74) is 1.60. The van der Waals surface area contributed by atoms with Crippen LogP contribution in [0.2, 0.25) is 5.02 Å². The molecule has 7 heteroatoms. The van der Waals surface area contributed by atoms with Crippen LogP contribution in [-0.2, 0) is 10.0 Å². The first-order chi connectivity index (χ1) is 11.7. The van der Waals surface area contributed by atoms with Gasteiger partial charge in [0.1, 0.15) is 4.90 Å². The number of nitrogens with one attached hydrogen (secondary N) is 2. The molecule has 0 aromatic heterocycles. The van der Waals surface area contributed by atoms with Crippen LogP contribution in [0.5, 0.6) is 0 Å². The van der Waals surface area contributed by atoms with Gasteiger partial charge in [0.15, 0.2) is 0 Å². The van der Waals surface area contributed by atoms with E-state index in [9.17, 15) is 13.2 Å². The minimum Gasteiger partial charge on any atom is -0.350 e. The molecule has 0 bridgehead atoms. The normalized spacial score (nSPS) is 12.5. The molecular weight excluding hydrogens is 360 g/mol. The summed E-state index contributed by atoms with van der Waals surface area (Å²) >= 11 is 6.07. The number of carbonyl (C=O) groups excluding carboxylic acids is 1. The number of hydrogen-bond acceptors (Lipinski definition) is 3. The molecule has 2 rings (SSSR count). The number of anilines is 1. The van der Waals surface area contributed by atoms with Gasteiger partial charge in [-0.05, 0) is 56.2 Å². The molecule has 0 heterocycles. The summed E-state index contributed by atoms with van der Waals surface area (Å²) in [5, 5.41) is 2.86. The predicted molar refractivity (Wildman–Crippen MR) is 101 cm³/mol. The molecule has 0 saturated heterocycles. The predicted octanol–water partition coefficient (Wildman–Crippen LogP) is 3.98. The van der Waals surface area contributed by atoms with E-state index >= 15 is 0 Å². The van der Waals surface area contributed by atoms with Gasteiger partial charge in [0.2, 0.25) is 0 Å². The molecule has 0 saturated carbocycles. The van der Waals surface area contributed by atoms with Gasteiger partial charge in [-0.3, -0.25) is 9.52 Å². The Morgan fingerprint density at radius 2 is 1.92 bits per heavy atom. The van der Waals surface area contributed by atoms with Crippen LogP contribution in [0, 0.1) is 6.92 Å². The van der Waals surface area contributed by atoms with Gasteiger partial charge in [-0.25, -0.2) is 8.42 Å². The third-order valence-corrected chi connectivity index (χ3v) is 5.61. The Balaban J connectivity index is 2.34. The fourth-order valence-corrected chi connectivity index (χ4v) is 3.75. The summed E-state index contributed by atoms with van der Waals surface area (Å²) < 4.78 is 27.8. The zero-order valence-electron chi connectivity index (χ0n) is 14.3. The van der Waals surface area contributed by atoms with Gasteiger partial charge in [0.25, 0.3) is 15.9 Å². The smallest absolute Gasteiger partial charge is 0.263 e. The van der Waals surface area contributed by atoms with Crippen LogP contribution in [-0.4, -0.2) is 20.4 Å². The number of halogens is 1. The summed E-state index contributed by atoms with van der Waals surface area (Å²) in [6, 6.07) is 11.2. The highest BCUT2D eigenvalue weighted by molar-refractivity contribution is 7.92.